The largest absolute Gasteiger partial charge is 0.253 e. The van der Waals surface area contributed by atoms with Gasteiger partial charge in [0.15, 0.2) is 6.33 Å². The molecular formula is C7H4N3. The Morgan fingerprint density at radius 2 is 2.30 bits per heavy atom. The van der Waals surface area contributed by atoms with Gasteiger partial charge in [0.1, 0.15) is 5.52 Å². The zero-order chi connectivity index (χ0) is 6.81. The van der Waals surface area contributed by atoms with Gasteiger partial charge in [0.2, 0.25) is 0 Å². The van der Waals surface area contributed by atoms with Crippen molar-refractivity contribution in [1.29, 1.82) is 0 Å². The fraction of sp³-hybridized carbons (Fsp3) is 0. The molecule has 47 valence electrons. The molecule has 0 unspecified atom stereocenters. The highest BCUT2D eigenvalue weighted by Crippen LogP contribution is 2.02. The molecule has 0 aliphatic heterocycles. The van der Waals surface area contributed by atoms with Crippen LogP contribution < -0.4 is 0 Å². The molecule has 0 atom stereocenters. The highest BCUT2D eigenvalue weighted by Gasteiger charge is 1.89. The number of hydrogen-bond donors (Lipinski definition) is 0. The third-order valence-electron chi connectivity index (χ3n) is 1.23. The van der Waals surface area contributed by atoms with Crippen LogP contribution in [-0.2, 0) is 0 Å². The van der Waals surface area contributed by atoms with Crippen LogP contribution in [0.4, 0.5) is 0 Å². The van der Waals surface area contributed by atoms with E-state index in [1.165, 1.54) is 0 Å². The van der Waals surface area contributed by atoms with Crippen LogP contribution in [0.3, 0.4) is 0 Å². The summed E-state index contributed by atoms with van der Waals surface area (Å²) >= 11 is 0. The van der Waals surface area contributed by atoms with Crippen molar-refractivity contribution in [3.63, 3.8) is 0 Å². The first-order chi connectivity index (χ1) is 4.97. The Kier molecular flexibility index (Phi) is 1.07. The molecule has 0 bridgehead atoms. The second-order valence-electron chi connectivity index (χ2n) is 1.88. The van der Waals surface area contributed by atoms with Crippen LogP contribution in [0, 0.1) is 6.33 Å². The quantitative estimate of drug-likeness (QED) is 0.530. The van der Waals surface area contributed by atoms with Gasteiger partial charge in [-0.15, -0.1) is 0 Å². The normalized spacial score (nSPS) is 10.0. The minimum atomic E-state index is 0.807. The van der Waals surface area contributed by atoms with Crippen LogP contribution in [0.15, 0.2) is 24.5 Å². The van der Waals surface area contributed by atoms with Gasteiger partial charge in [-0.2, -0.15) is 0 Å². The maximum atomic E-state index is 4.04. The summed E-state index contributed by atoms with van der Waals surface area (Å²) in [4.78, 5) is 11.6. The number of hydrogen-bond acceptors (Lipinski definition) is 3. The van der Waals surface area contributed by atoms with E-state index in [0.717, 1.165) is 11.0 Å². The Hall–Kier alpha value is -1.51. The molecule has 0 N–H and O–H groups in total. The topological polar surface area (TPSA) is 38.7 Å². The molecule has 2 aromatic heterocycles. The van der Waals surface area contributed by atoms with Gasteiger partial charge in [0.05, 0.1) is 11.7 Å². The first-order valence-electron chi connectivity index (χ1n) is 2.90. The molecule has 0 saturated carbocycles. The molecule has 3 heteroatoms. The first kappa shape index (κ1) is 5.29. The second-order valence-corrected chi connectivity index (χ2v) is 1.88. The van der Waals surface area contributed by atoms with Crippen LogP contribution in [0.2, 0.25) is 0 Å². The highest BCUT2D eigenvalue weighted by atomic mass is 14.8. The zero-order valence-corrected chi connectivity index (χ0v) is 5.15. The van der Waals surface area contributed by atoms with Crippen LogP contribution in [0.25, 0.3) is 11.0 Å². The standard InChI is InChI=1S/C7H4N3/c1-2-6-7(9-3-1)4-8-5-10-6/h1-4H. The molecule has 0 aliphatic rings. The predicted octanol–water partition coefficient (Wildman–Crippen LogP) is 0.825. The van der Waals surface area contributed by atoms with E-state index in [0.29, 0.717) is 0 Å². The van der Waals surface area contributed by atoms with Gasteiger partial charge >= 0.3 is 0 Å². The van der Waals surface area contributed by atoms with Gasteiger partial charge in [-0.1, -0.05) is 0 Å². The number of rotatable bonds is 0. The summed E-state index contributed by atoms with van der Waals surface area (Å²) in [5, 5.41) is 0. The Bertz CT molecular complexity index is 280. The van der Waals surface area contributed by atoms with E-state index in [-0.39, 0.29) is 0 Å². The summed E-state index contributed by atoms with van der Waals surface area (Å²) in [6.07, 6.45) is 5.85. The van der Waals surface area contributed by atoms with Crippen LogP contribution in [-0.4, -0.2) is 15.0 Å². The van der Waals surface area contributed by atoms with E-state index in [1.54, 1.807) is 12.4 Å². The molecule has 0 amide bonds. The van der Waals surface area contributed by atoms with E-state index in [4.69, 9.17) is 0 Å². The molecule has 2 aromatic rings. The Morgan fingerprint density at radius 1 is 1.30 bits per heavy atom. The van der Waals surface area contributed by atoms with Crippen molar-refractivity contribution < 1.29 is 0 Å². The van der Waals surface area contributed by atoms with Gasteiger partial charge in [-0.25, -0.2) is 9.97 Å². The molecule has 0 spiro atoms. The van der Waals surface area contributed by atoms with Crippen LogP contribution in [0.1, 0.15) is 0 Å². The summed E-state index contributed by atoms with van der Waals surface area (Å²) in [5.41, 5.74) is 1.64. The number of fused-ring (bicyclic) bond motifs is 1. The number of nitrogens with zero attached hydrogens (tertiary/aromatic N) is 3. The summed E-state index contributed by atoms with van der Waals surface area (Å²) < 4.78 is 0. The average Bonchev–Trinajstić information content (AvgIpc) is 2.05. The summed E-state index contributed by atoms with van der Waals surface area (Å²) in [6.45, 7) is 0. The van der Waals surface area contributed by atoms with Crippen LogP contribution in [0.5, 0.6) is 0 Å². The van der Waals surface area contributed by atoms with Crippen molar-refractivity contribution in [2.75, 3.05) is 0 Å². The van der Waals surface area contributed by atoms with Crippen molar-refractivity contribution in [2.24, 2.45) is 0 Å². The van der Waals surface area contributed by atoms with E-state index < -0.39 is 0 Å². The lowest BCUT2D eigenvalue weighted by atomic mass is 10.4. The van der Waals surface area contributed by atoms with Crippen molar-refractivity contribution >= 4 is 11.0 Å². The lowest BCUT2D eigenvalue weighted by Crippen LogP contribution is -1.82. The Morgan fingerprint density at radius 3 is 3.20 bits per heavy atom. The SMILES string of the molecule is [c]1ncc2ncccc2n1. The van der Waals surface area contributed by atoms with Crippen molar-refractivity contribution in [2.45, 2.75) is 0 Å². The smallest absolute Gasteiger partial charge is 0.198 e. The third-order valence-corrected chi connectivity index (χ3v) is 1.23. The molecule has 10 heavy (non-hydrogen) atoms. The number of pyridine rings is 1. The minimum Gasteiger partial charge on any atom is -0.253 e. The van der Waals surface area contributed by atoms with Gasteiger partial charge in [-0.3, -0.25) is 4.98 Å². The van der Waals surface area contributed by atoms with E-state index >= 15 is 0 Å². The molecule has 3 nitrogen and oxygen atoms in total. The van der Waals surface area contributed by atoms with Gasteiger partial charge in [0.25, 0.3) is 0 Å². The monoisotopic (exact) mass is 130 g/mol. The first-order valence-corrected chi connectivity index (χ1v) is 2.90. The predicted molar refractivity (Wildman–Crippen MR) is 36.2 cm³/mol. The van der Waals surface area contributed by atoms with Crippen LogP contribution >= 0.6 is 0 Å². The molecular weight excluding hydrogens is 126 g/mol. The maximum Gasteiger partial charge on any atom is 0.198 e. The maximum absolute atomic E-state index is 4.04. The lowest BCUT2D eigenvalue weighted by molar-refractivity contribution is 1.18. The Labute approximate surface area is 57.8 Å². The fourth-order valence-corrected chi connectivity index (χ4v) is 0.776. The van der Waals surface area contributed by atoms with Crippen molar-refractivity contribution in [3.05, 3.63) is 30.9 Å². The zero-order valence-electron chi connectivity index (χ0n) is 5.15. The average molecular weight is 130 g/mol. The molecule has 0 saturated heterocycles. The third kappa shape index (κ3) is 0.719. The molecule has 2 heterocycles. The van der Waals surface area contributed by atoms with Crippen molar-refractivity contribution in [1.82, 2.24) is 15.0 Å². The van der Waals surface area contributed by atoms with Gasteiger partial charge < -0.3 is 0 Å². The van der Waals surface area contributed by atoms with E-state index in [1.807, 2.05) is 12.1 Å². The molecule has 2 rings (SSSR count). The molecule has 0 aromatic carbocycles. The van der Waals surface area contributed by atoms with Gasteiger partial charge in [0, 0.05) is 6.20 Å². The molecule has 0 aliphatic carbocycles. The van der Waals surface area contributed by atoms with E-state index in [2.05, 4.69) is 21.3 Å². The van der Waals surface area contributed by atoms with Gasteiger partial charge in [-0.05, 0) is 12.1 Å². The second kappa shape index (κ2) is 2.02. The molecule has 0 fully saturated rings. The summed E-state index contributed by atoms with van der Waals surface area (Å²) in [5.74, 6) is 0. The number of aromatic nitrogens is 3. The molecule has 1 radical (unpaired) electrons. The fourth-order valence-electron chi connectivity index (χ4n) is 0.776. The van der Waals surface area contributed by atoms with Crippen molar-refractivity contribution in [3.8, 4) is 0 Å². The summed E-state index contributed by atoms with van der Waals surface area (Å²) in [6, 6.07) is 3.71. The lowest BCUT2D eigenvalue weighted by Gasteiger charge is -1.89. The highest BCUT2D eigenvalue weighted by molar-refractivity contribution is 5.71. The summed E-state index contributed by atoms with van der Waals surface area (Å²) in [7, 11) is 0. The minimum absolute atomic E-state index is 0.807. The Balaban J connectivity index is 2.89. The van der Waals surface area contributed by atoms with E-state index in [9.17, 15) is 0 Å².